The van der Waals surface area contributed by atoms with E-state index in [9.17, 15) is 4.79 Å². The highest BCUT2D eigenvalue weighted by atomic mass is 32.1. The quantitative estimate of drug-likeness (QED) is 0.924. The van der Waals surface area contributed by atoms with Crippen LogP contribution in [0.4, 0.5) is 5.82 Å². The van der Waals surface area contributed by atoms with Gasteiger partial charge in [-0.25, -0.2) is 9.97 Å². The number of carbonyl (C=O) groups is 1. The van der Waals surface area contributed by atoms with Gasteiger partial charge >= 0.3 is 0 Å². The first kappa shape index (κ1) is 15.8. The van der Waals surface area contributed by atoms with Crippen LogP contribution < -0.4 is 5.32 Å². The zero-order valence-electron chi connectivity index (χ0n) is 13.5. The number of rotatable bonds is 4. The van der Waals surface area contributed by atoms with Crippen molar-refractivity contribution in [1.82, 2.24) is 24.5 Å². The molecule has 8 heteroatoms. The Bertz CT molecular complexity index is 716. The van der Waals surface area contributed by atoms with Crippen molar-refractivity contribution in [3.63, 3.8) is 0 Å². The molecule has 0 saturated carbocycles. The summed E-state index contributed by atoms with van der Waals surface area (Å²) in [6.45, 7) is 4.60. The molecule has 0 spiro atoms. The highest BCUT2D eigenvalue weighted by molar-refractivity contribution is 7.08. The number of nitrogens with one attached hydrogen (secondary N) is 1. The van der Waals surface area contributed by atoms with Gasteiger partial charge < -0.3 is 10.2 Å². The topological polar surface area (TPSA) is 83.9 Å². The van der Waals surface area contributed by atoms with Crippen molar-refractivity contribution in [2.24, 2.45) is 0 Å². The number of carbonyl (C=O) groups excluding carboxylic acids is 1. The summed E-state index contributed by atoms with van der Waals surface area (Å²) < 4.78 is 3.93. The van der Waals surface area contributed by atoms with E-state index >= 15 is 0 Å². The van der Waals surface area contributed by atoms with E-state index in [4.69, 9.17) is 0 Å². The highest BCUT2D eigenvalue weighted by Crippen LogP contribution is 2.33. The summed E-state index contributed by atoms with van der Waals surface area (Å²) in [7, 11) is 1.83. The second kappa shape index (κ2) is 6.57. The van der Waals surface area contributed by atoms with Crippen molar-refractivity contribution in [2.45, 2.75) is 39.2 Å². The first-order chi connectivity index (χ1) is 11.1. The number of amides is 1. The Labute approximate surface area is 139 Å². The molecule has 2 aromatic rings. The minimum absolute atomic E-state index is 0.0110. The molecule has 1 N–H and O–H groups in total. The van der Waals surface area contributed by atoms with Crippen LogP contribution in [0, 0.1) is 6.92 Å². The van der Waals surface area contributed by atoms with Gasteiger partial charge in [-0.3, -0.25) is 4.79 Å². The summed E-state index contributed by atoms with van der Waals surface area (Å²) in [5.41, 5.74) is 1.67. The van der Waals surface area contributed by atoms with Crippen LogP contribution in [0.3, 0.4) is 0 Å². The van der Waals surface area contributed by atoms with E-state index in [1.54, 1.807) is 0 Å². The molecule has 1 atom stereocenters. The molecule has 3 rings (SSSR count). The number of aryl methyl sites for hydroxylation is 2. The Morgan fingerprint density at radius 1 is 1.48 bits per heavy atom. The van der Waals surface area contributed by atoms with E-state index < -0.39 is 0 Å². The molecule has 1 amide bonds. The van der Waals surface area contributed by atoms with E-state index in [2.05, 4.69) is 24.9 Å². The Morgan fingerprint density at radius 3 is 3.04 bits per heavy atom. The lowest BCUT2D eigenvalue weighted by Crippen LogP contribution is -2.31. The average molecular weight is 332 g/mol. The number of nitrogens with zero attached hydrogens (tertiary/aromatic N) is 5. The summed E-state index contributed by atoms with van der Waals surface area (Å²) in [6.07, 6.45) is 2.60. The van der Waals surface area contributed by atoms with Crippen molar-refractivity contribution in [2.75, 3.05) is 18.9 Å². The molecule has 1 saturated heterocycles. The average Bonchev–Trinajstić information content (AvgIpc) is 3.22. The van der Waals surface area contributed by atoms with E-state index in [1.807, 2.05) is 31.9 Å². The van der Waals surface area contributed by atoms with Crippen molar-refractivity contribution < 1.29 is 4.79 Å². The van der Waals surface area contributed by atoms with Crippen LogP contribution >= 0.6 is 11.5 Å². The molecule has 0 unspecified atom stereocenters. The SMILES string of the molecule is CCc1nnsc1C(=O)N1CCC[C@@H]1c1cc(NC)nc(C)n1. The van der Waals surface area contributed by atoms with Crippen LogP contribution in [0.25, 0.3) is 0 Å². The van der Waals surface area contributed by atoms with E-state index in [0.717, 1.165) is 36.6 Å². The Morgan fingerprint density at radius 2 is 2.30 bits per heavy atom. The first-order valence-corrected chi connectivity index (χ1v) is 8.57. The second-order valence-electron chi connectivity index (χ2n) is 5.53. The van der Waals surface area contributed by atoms with Crippen molar-refractivity contribution in [3.05, 3.63) is 28.2 Å². The highest BCUT2D eigenvalue weighted by Gasteiger charge is 2.33. The molecule has 122 valence electrons. The maximum Gasteiger partial charge on any atom is 0.268 e. The molecular weight excluding hydrogens is 312 g/mol. The predicted molar refractivity (Wildman–Crippen MR) is 88.6 cm³/mol. The maximum absolute atomic E-state index is 12.9. The lowest BCUT2D eigenvalue weighted by molar-refractivity contribution is 0.0736. The van der Waals surface area contributed by atoms with Crippen molar-refractivity contribution in [3.8, 4) is 0 Å². The number of likely N-dealkylation sites (tertiary alicyclic amines) is 1. The maximum atomic E-state index is 12.9. The summed E-state index contributed by atoms with van der Waals surface area (Å²) in [4.78, 5) is 24.3. The Kier molecular flexibility index (Phi) is 4.51. The molecule has 1 aliphatic rings. The predicted octanol–water partition coefficient (Wildman–Crippen LogP) is 2.22. The third-order valence-corrected chi connectivity index (χ3v) is 4.81. The molecule has 23 heavy (non-hydrogen) atoms. The van der Waals surface area contributed by atoms with E-state index in [-0.39, 0.29) is 11.9 Å². The minimum atomic E-state index is -0.0110. The van der Waals surface area contributed by atoms with Gasteiger partial charge in [0, 0.05) is 19.7 Å². The van der Waals surface area contributed by atoms with Gasteiger partial charge in [-0.1, -0.05) is 11.4 Å². The van der Waals surface area contributed by atoms with Gasteiger partial charge in [0.05, 0.1) is 17.4 Å². The van der Waals surface area contributed by atoms with Gasteiger partial charge in [-0.05, 0) is 37.7 Å². The number of hydrogen-bond acceptors (Lipinski definition) is 7. The van der Waals surface area contributed by atoms with E-state index in [0.29, 0.717) is 17.1 Å². The molecule has 0 bridgehead atoms. The number of hydrogen-bond donors (Lipinski definition) is 1. The van der Waals surface area contributed by atoms with Crippen LogP contribution in [0.15, 0.2) is 6.07 Å². The van der Waals surface area contributed by atoms with Crippen LogP contribution in [0.1, 0.15) is 52.7 Å². The smallest absolute Gasteiger partial charge is 0.268 e. The van der Waals surface area contributed by atoms with Gasteiger partial charge in [0.1, 0.15) is 16.5 Å². The van der Waals surface area contributed by atoms with Crippen LogP contribution in [-0.4, -0.2) is 44.0 Å². The van der Waals surface area contributed by atoms with Gasteiger partial charge in [0.2, 0.25) is 0 Å². The summed E-state index contributed by atoms with van der Waals surface area (Å²) in [6, 6.07) is 1.91. The molecule has 0 aromatic carbocycles. The molecule has 2 aromatic heterocycles. The normalized spacial score (nSPS) is 17.5. The lowest BCUT2D eigenvalue weighted by atomic mass is 10.1. The standard InChI is InChI=1S/C15H20N6OS/c1-4-10-14(23-20-19-10)15(22)21-7-5-6-12(21)11-8-13(16-3)18-9(2)17-11/h8,12H,4-7H2,1-3H3,(H,16,17,18)/t12-/m1/s1. The largest absolute Gasteiger partial charge is 0.373 e. The molecule has 0 aliphatic carbocycles. The van der Waals surface area contributed by atoms with Crippen LogP contribution in [-0.2, 0) is 6.42 Å². The third kappa shape index (κ3) is 3.03. The van der Waals surface area contributed by atoms with Crippen molar-refractivity contribution in [1.29, 1.82) is 0 Å². The zero-order valence-corrected chi connectivity index (χ0v) is 14.4. The van der Waals surface area contributed by atoms with Crippen molar-refractivity contribution >= 4 is 23.3 Å². The second-order valence-corrected chi connectivity index (χ2v) is 6.29. The molecular formula is C15H20N6OS. The van der Waals surface area contributed by atoms with Gasteiger partial charge in [0.25, 0.3) is 5.91 Å². The lowest BCUT2D eigenvalue weighted by Gasteiger charge is -2.24. The molecule has 0 radical (unpaired) electrons. The summed E-state index contributed by atoms with van der Waals surface area (Å²) in [5.74, 6) is 1.50. The zero-order chi connectivity index (χ0) is 16.4. The van der Waals surface area contributed by atoms with Crippen LogP contribution in [0.2, 0.25) is 0 Å². The fourth-order valence-electron chi connectivity index (χ4n) is 2.94. The minimum Gasteiger partial charge on any atom is -0.373 e. The fraction of sp³-hybridized carbons (Fsp3) is 0.533. The van der Waals surface area contributed by atoms with E-state index in [1.165, 1.54) is 11.5 Å². The molecule has 1 aliphatic heterocycles. The van der Waals surface area contributed by atoms with Gasteiger partial charge in [-0.15, -0.1) is 5.10 Å². The third-order valence-electron chi connectivity index (χ3n) is 4.05. The van der Waals surface area contributed by atoms with Crippen LogP contribution in [0.5, 0.6) is 0 Å². The Balaban J connectivity index is 1.91. The monoisotopic (exact) mass is 332 g/mol. The molecule has 3 heterocycles. The Hall–Kier alpha value is -2.09. The first-order valence-electron chi connectivity index (χ1n) is 7.79. The fourth-order valence-corrected chi connectivity index (χ4v) is 3.65. The molecule has 7 nitrogen and oxygen atoms in total. The summed E-state index contributed by atoms with van der Waals surface area (Å²) in [5, 5.41) is 7.10. The molecule has 1 fully saturated rings. The van der Waals surface area contributed by atoms with Gasteiger partial charge in [0.15, 0.2) is 0 Å². The summed E-state index contributed by atoms with van der Waals surface area (Å²) >= 11 is 1.18. The number of aromatic nitrogens is 4. The number of anilines is 1. The van der Waals surface area contributed by atoms with Gasteiger partial charge in [-0.2, -0.15) is 0 Å².